The third-order valence-electron chi connectivity index (χ3n) is 5.77. The number of esters is 1. The summed E-state index contributed by atoms with van der Waals surface area (Å²) in [5.74, 6) is -0.508. The number of ether oxygens (including phenoxy) is 1. The lowest BCUT2D eigenvalue weighted by atomic mass is 9.93. The Labute approximate surface area is 169 Å². The monoisotopic (exact) mass is 383 g/mol. The average Bonchev–Trinajstić information content (AvgIpc) is 3.22. The number of hydrogen-bond donors (Lipinski definition) is 1. The summed E-state index contributed by atoms with van der Waals surface area (Å²) in [5.41, 5.74) is 6.40. The molecule has 29 heavy (non-hydrogen) atoms. The summed E-state index contributed by atoms with van der Waals surface area (Å²) in [7, 11) is 0. The molecule has 0 unspecified atom stereocenters. The number of hydrogen-bond acceptors (Lipinski definition) is 3. The van der Waals surface area contributed by atoms with E-state index in [1.165, 1.54) is 17.5 Å². The van der Waals surface area contributed by atoms with Crippen LogP contribution < -0.4 is 5.32 Å². The van der Waals surface area contributed by atoms with Crippen LogP contribution in [0.1, 0.15) is 55.5 Å². The molecule has 0 spiro atoms. The van der Waals surface area contributed by atoms with E-state index in [4.69, 9.17) is 4.74 Å². The molecular formula is C25H21NO3. The first kappa shape index (κ1) is 17.7. The van der Waals surface area contributed by atoms with E-state index in [0.717, 1.165) is 29.7 Å². The van der Waals surface area contributed by atoms with Crippen molar-refractivity contribution in [3.05, 3.63) is 100 Å². The van der Waals surface area contributed by atoms with Crippen LogP contribution >= 0.6 is 0 Å². The molecule has 4 nitrogen and oxygen atoms in total. The van der Waals surface area contributed by atoms with Gasteiger partial charge >= 0.3 is 5.97 Å². The summed E-state index contributed by atoms with van der Waals surface area (Å²) < 4.78 is 5.60. The van der Waals surface area contributed by atoms with Crippen molar-refractivity contribution >= 4 is 17.6 Å². The Bertz CT molecular complexity index is 1100. The molecule has 1 aliphatic heterocycles. The Morgan fingerprint density at radius 1 is 0.897 bits per heavy atom. The van der Waals surface area contributed by atoms with Crippen LogP contribution in [0.25, 0.3) is 0 Å². The molecule has 2 aliphatic rings. The molecule has 0 bridgehead atoms. The lowest BCUT2D eigenvalue weighted by molar-refractivity contribution is 0.0252. The Hall–Kier alpha value is -3.40. The highest BCUT2D eigenvalue weighted by molar-refractivity contribution is 6.05. The van der Waals surface area contributed by atoms with E-state index in [9.17, 15) is 9.59 Å². The van der Waals surface area contributed by atoms with Crippen molar-refractivity contribution in [3.8, 4) is 0 Å². The van der Waals surface area contributed by atoms with E-state index in [2.05, 4.69) is 17.4 Å². The molecule has 0 radical (unpaired) electrons. The number of cyclic esters (lactones) is 1. The number of rotatable bonds is 3. The molecule has 1 heterocycles. The van der Waals surface area contributed by atoms with Gasteiger partial charge in [0.1, 0.15) is 6.10 Å². The number of amides is 1. The molecule has 0 aromatic heterocycles. The van der Waals surface area contributed by atoms with Crippen molar-refractivity contribution < 1.29 is 14.3 Å². The zero-order chi connectivity index (χ0) is 19.8. The normalized spacial score (nSPS) is 17.2. The fraction of sp³-hybridized carbons (Fsp3) is 0.200. The third-order valence-corrected chi connectivity index (χ3v) is 5.77. The Morgan fingerprint density at radius 3 is 2.59 bits per heavy atom. The molecule has 1 N–H and O–H groups in total. The van der Waals surface area contributed by atoms with Gasteiger partial charge in [0, 0.05) is 17.7 Å². The highest BCUT2D eigenvalue weighted by Gasteiger charge is 2.28. The van der Waals surface area contributed by atoms with Gasteiger partial charge in [0.05, 0.1) is 5.56 Å². The molecule has 144 valence electrons. The molecule has 1 aliphatic carbocycles. The maximum atomic E-state index is 12.8. The van der Waals surface area contributed by atoms with Crippen molar-refractivity contribution in [2.75, 3.05) is 5.32 Å². The van der Waals surface area contributed by atoms with Crippen LogP contribution in [0, 0.1) is 0 Å². The lowest BCUT2D eigenvalue weighted by Crippen LogP contribution is -2.23. The second-order valence-electron chi connectivity index (χ2n) is 7.67. The fourth-order valence-electron chi connectivity index (χ4n) is 4.24. The van der Waals surface area contributed by atoms with Gasteiger partial charge < -0.3 is 10.1 Å². The summed E-state index contributed by atoms with van der Waals surface area (Å²) in [4.78, 5) is 25.2. The summed E-state index contributed by atoms with van der Waals surface area (Å²) in [6.07, 6.45) is 3.60. The summed E-state index contributed by atoms with van der Waals surface area (Å²) in [6, 6.07) is 21.0. The fourth-order valence-corrected chi connectivity index (χ4v) is 4.24. The molecule has 0 fully saturated rings. The van der Waals surface area contributed by atoms with Gasteiger partial charge in [-0.05, 0) is 71.8 Å². The van der Waals surface area contributed by atoms with E-state index in [1.54, 1.807) is 12.1 Å². The van der Waals surface area contributed by atoms with Gasteiger partial charge in [-0.2, -0.15) is 0 Å². The minimum Gasteiger partial charge on any atom is -0.454 e. The Kier molecular flexibility index (Phi) is 4.39. The molecule has 5 rings (SSSR count). The lowest BCUT2D eigenvalue weighted by Gasteiger charge is -2.25. The highest BCUT2D eigenvalue weighted by atomic mass is 16.5. The van der Waals surface area contributed by atoms with Crippen LogP contribution in [-0.2, 0) is 24.0 Å². The maximum absolute atomic E-state index is 12.8. The highest BCUT2D eigenvalue weighted by Crippen LogP contribution is 2.31. The zero-order valence-electron chi connectivity index (χ0n) is 16.0. The minimum absolute atomic E-state index is 0.166. The summed E-state index contributed by atoms with van der Waals surface area (Å²) in [5, 5.41) is 2.99. The molecule has 4 heteroatoms. The molecular weight excluding hydrogens is 362 g/mol. The second kappa shape index (κ2) is 7.21. The van der Waals surface area contributed by atoms with Crippen LogP contribution in [0.2, 0.25) is 0 Å². The molecule has 1 atom stereocenters. The van der Waals surface area contributed by atoms with Crippen molar-refractivity contribution in [3.63, 3.8) is 0 Å². The largest absolute Gasteiger partial charge is 0.454 e. The van der Waals surface area contributed by atoms with Gasteiger partial charge in [-0.1, -0.05) is 36.4 Å². The van der Waals surface area contributed by atoms with Gasteiger partial charge in [0.25, 0.3) is 5.91 Å². The maximum Gasteiger partial charge on any atom is 0.339 e. The van der Waals surface area contributed by atoms with Gasteiger partial charge in [-0.25, -0.2) is 4.79 Å². The first-order chi connectivity index (χ1) is 14.2. The van der Waals surface area contributed by atoms with Crippen molar-refractivity contribution in [2.45, 2.75) is 31.8 Å². The van der Waals surface area contributed by atoms with Crippen LogP contribution in [0.5, 0.6) is 0 Å². The SMILES string of the molecule is O=C(Nc1ccc2c(c1)CCC2)c1ccc2c(c1)C[C@@H](c1ccccc1)OC2=O. The van der Waals surface area contributed by atoms with E-state index in [-0.39, 0.29) is 18.0 Å². The molecule has 3 aromatic rings. The number of carbonyl (C=O) groups is 2. The van der Waals surface area contributed by atoms with Gasteiger partial charge in [0.15, 0.2) is 0 Å². The van der Waals surface area contributed by atoms with Crippen LogP contribution in [0.4, 0.5) is 5.69 Å². The van der Waals surface area contributed by atoms with Crippen LogP contribution in [0.3, 0.4) is 0 Å². The number of nitrogens with one attached hydrogen (secondary N) is 1. The quantitative estimate of drug-likeness (QED) is 0.656. The van der Waals surface area contributed by atoms with Crippen molar-refractivity contribution in [1.29, 1.82) is 0 Å². The van der Waals surface area contributed by atoms with E-state index in [1.807, 2.05) is 42.5 Å². The number of aryl methyl sites for hydroxylation is 2. The number of benzene rings is 3. The number of fused-ring (bicyclic) bond motifs is 2. The second-order valence-corrected chi connectivity index (χ2v) is 7.67. The molecule has 0 saturated heterocycles. The molecule has 1 amide bonds. The number of carbonyl (C=O) groups excluding carboxylic acids is 2. The first-order valence-corrected chi connectivity index (χ1v) is 9.99. The zero-order valence-corrected chi connectivity index (χ0v) is 16.0. The predicted octanol–water partition coefficient (Wildman–Crippen LogP) is 4.88. The summed E-state index contributed by atoms with van der Waals surface area (Å²) in [6.45, 7) is 0. The molecule has 0 saturated carbocycles. The van der Waals surface area contributed by atoms with Crippen molar-refractivity contribution in [2.24, 2.45) is 0 Å². The first-order valence-electron chi connectivity index (χ1n) is 9.99. The number of anilines is 1. The van der Waals surface area contributed by atoms with Gasteiger partial charge in [-0.15, -0.1) is 0 Å². The van der Waals surface area contributed by atoms with Crippen LogP contribution in [0.15, 0.2) is 66.7 Å². The Morgan fingerprint density at radius 2 is 1.72 bits per heavy atom. The topological polar surface area (TPSA) is 55.4 Å². The van der Waals surface area contributed by atoms with Gasteiger partial charge in [-0.3, -0.25) is 4.79 Å². The average molecular weight is 383 g/mol. The van der Waals surface area contributed by atoms with Gasteiger partial charge in [0.2, 0.25) is 0 Å². The standard InChI is InChI=1S/C25H21NO3/c27-24(26-21-11-9-16-7-4-8-18(16)14-21)19-10-12-22-20(13-19)15-23(29-25(22)28)17-5-2-1-3-6-17/h1-3,5-6,9-14,23H,4,7-8,15H2,(H,26,27)/t23-/m0/s1. The Balaban J connectivity index is 1.38. The summed E-state index contributed by atoms with van der Waals surface area (Å²) >= 11 is 0. The van der Waals surface area contributed by atoms with E-state index < -0.39 is 0 Å². The smallest absolute Gasteiger partial charge is 0.339 e. The van der Waals surface area contributed by atoms with Crippen molar-refractivity contribution in [1.82, 2.24) is 0 Å². The predicted molar refractivity (Wildman–Crippen MR) is 111 cm³/mol. The third kappa shape index (κ3) is 3.42. The van der Waals surface area contributed by atoms with E-state index in [0.29, 0.717) is 17.5 Å². The van der Waals surface area contributed by atoms with E-state index >= 15 is 0 Å². The minimum atomic E-state index is -0.342. The van der Waals surface area contributed by atoms with Crippen LogP contribution in [-0.4, -0.2) is 11.9 Å². The molecule has 3 aromatic carbocycles.